The van der Waals surface area contributed by atoms with Crippen molar-refractivity contribution in [3.05, 3.63) is 23.8 Å². The monoisotopic (exact) mass is 387 g/mol. The van der Waals surface area contributed by atoms with Gasteiger partial charge in [0.25, 0.3) is 5.91 Å². The first-order valence-corrected chi connectivity index (χ1v) is 9.78. The molecule has 7 nitrogen and oxygen atoms in total. The summed E-state index contributed by atoms with van der Waals surface area (Å²) in [7, 11) is 0. The molecule has 28 heavy (non-hydrogen) atoms. The lowest BCUT2D eigenvalue weighted by molar-refractivity contribution is -0.136. The highest BCUT2D eigenvalue weighted by atomic mass is 16.5. The smallest absolute Gasteiger partial charge is 0.265 e. The number of hydrogen-bond acceptors (Lipinski definition) is 5. The van der Waals surface area contributed by atoms with Gasteiger partial charge >= 0.3 is 0 Å². The maximum Gasteiger partial charge on any atom is 0.265 e. The van der Waals surface area contributed by atoms with Crippen molar-refractivity contribution in [3.8, 4) is 5.75 Å². The molecule has 0 aromatic heterocycles. The largest absolute Gasteiger partial charge is 0.479 e. The van der Waals surface area contributed by atoms with Crippen molar-refractivity contribution in [2.75, 3.05) is 18.4 Å². The summed E-state index contributed by atoms with van der Waals surface area (Å²) < 4.78 is 5.54. The summed E-state index contributed by atoms with van der Waals surface area (Å²) in [4.78, 5) is 39.1. The fraction of sp³-hybridized carbons (Fsp3) is 0.571. The van der Waals surface area contributed by atoms with Crippen molar-refractivity contribution in [3.63, 3.8) is 0 Å². The third-order valence-electron chi connectivity index (χ3n) is 5.57. The molecule has 3 N–H and O–H groups in total. The van der Waals surface area contributed by atoms with Crippen LogP contribution in [0.5, 0.6) is 5.75 Å². The molecule has 7 heteroatoms. The first-order chi connectivity index (χ1) is 13.1. The fourth-order valence-corrected chi connectivity index (χ4v) is 3.53. The van der Waals surface area contributed by atoms with Crippen LogP contribution in [0.2, 0.25) is 0 Å². The lowest BCUT2D eigenvalue weighted by Gasteiger charge is -2.36. The highest BCUT2D eigenvalue weighted by Crippen LogP contribution is 2.32. The average molecular weight is 387 g/mol. The van der Waals surface area contributed by atoms with Crippen LogP contribution < -0.4 is 15.8 Å². The zero-order valence-electron chi connectivity index (χ0n) is 17.0. The number of nitrogens with zero attached hydrogens (tertiary/aromatic N) is 1. The van der Waals surface area contributed by atoms with Gasteiger partial charge in [-0.3, -0.25) is 14.4 Å². The third-order valence-corrected chi connectivity index (χ3v) is 5.57. The molecule has 0 radical (unpaired) electrons. The van der Waals surface area contributed by atoms with E-state index in [0.717, 1.165) is 0 Å². The number of ether oxygens (including phenoxy) is 1. The number of carbonyl (C=O) groups excluding carboxylic acids is 3. The molecule has 0 aliphatic carbocycles. The van der Waals surface area contributed by atoms with Crippen molar-refractivity contribution in [1.82, 2.24) is 4.90 Å². The van der Waals surface area contributed by atoms with Gasteiger partial charge in [-0.1, -0.05) is 20.8 Å². The van der Waals surface area contributed by atoms with Crippen molar-refractivity contribution in [1.29, 1.82) is 0 Å². The Bertz CT molecular complexity index is 791. The van der Waals surface area contributed by atoms with Crippen molar-refractivity contribution < 1.29 is 19.1 Å². The molecule has 1 fully saturated rings. The number of rotatable bonds is 3. The number of carbonyl (C=O) groups is 3. The maximum absolute atomic E-state index is 12.9. The zero-order chi connectivity index (χ0) is 20.6. The van der Waals surface area contributed by atoms with Gasteiger partial charge in [0.15, 0.2) is 11.9 Å². The van der Waals surface area contributed by atoms with Crippen LogP contribution in [0.3, 0.4) is 0 Å². The number of piperidine rings is 1. The molecule has 152 valence electrons. The van der Waals surface area contributed by atoms with E-state index in [-0.39, 0.29) is 28.9 Å². The van der Waals surface area contributed by atoms with Gasteiger partial charge in [-0.25, -0.2) is 0 Å². The Morgan fingerprint density at radius 3 is 2.50 bits per heavy atom. The number of nitrogens with two attached hydrogens (primary N) is 1. The highest BCUT2D eigenvalue weighted by Gasteiger charge is 2.34. The minimum absolute atomic E-state index is 0.0305. The van der Waals surface area contributed by atoms with Crippen molar-refractivity contribution in [2.45, 2.75) is 52.7 Å². The molecule has 2 aliphatic rings. The second-order valence-corrected chi connectivity index (χ2v) is 8.77. The topological polar surface area (TPSA) is 102 Å². The van der Waals surface area contributed by atoms with E-state index >= 15 is 0 Å². The van der Waals surface area contributed by atoms with Gasteiger partial charge < -0.3 is 20.7 Å². The molecule has 1 aromatic carbocycles. The number of amides is 2. The van der Waals surface area contributed by atoms with Crippen molar-refractivity contribution in [2.24, 2.45) is 17.1 Å². The normalized spacial score (nSPS) is 21.4. The van der Waals surface area contributed by atoms with Gasteiger partial charge in [-0.15, -0.1) is 0 Å². The van der Waals surface area contributed by atoms with Gasteiger partial charge in [-0.05, 0) is 43.4 Å². The lowest BCUT2D eigenvalue weighted by atomic mass is 9.85. The number of ketones is 1. The number of fused-ring (bicyclic) bond motifs is 1. The van der Waals surface area contributed by atoms with Gasteiger partial charge in [0.2, 0.25) is 5.91 Å². The van der Waals surface area contributed by atoms with Gasteiger partial charge in [0, 0.05) is 24.6 Å². The van der Waals surface area contributed by atoms with Gasteiger partial charge in [0.05, 0.1) is 11.7 Å². The highest BCUT2D eigenvalue weighted by molar-refractivity contribution is 6.02. The van der Waals surface area contributed by atoms with Crippen LogP contribution in [-0.2, 0) is 9.59 Å². The molecule has 1 saturated heterocycles. The molecule has 1 unspecified atom stereocenters. The summed E-state index contributed by atoms with van der Waals surface area (Å²) >= 11 is 0. The first kappa shape index (κ1) is 20.3. The predicted octanol–water partition coefficient (Wildman–Crippen LogP) is 2.20. The zero-order valence-corrected chi connectivity index (χ0v) is 17.0. The Balaban J connectivity index is 1.64. The van der Waals surface area contributed by atoms with Gasteiger partial charge in [0.1, 0.15) is 5.75 Å². The fourth-order valence-electron chi connectivity index (χ4n) is 3.53. The minimum atomic E-state index is -0.550. The Hall–Kier alpha value is -2.41. The standard InChI is InChI=1S/C21H29N3O4/c1-12-19(26)23-15-11-14(5-6-16(15)28-12)17(25)13-7-9-24(10-8-13)20(27)18(22)21(2,3)4/h5-6,11-13,18H,7-10,22H2,1-4H3,(H,23,26)/t12?,18-/m1/s1. The van der Waals surface area contributed by atoms with Crippen LogP contribution in [0.1, 0.15) is 50.9 Å². The average Bonchev–Trinajstić information content (AvgIpc) is 2.66. The molecular formula is C21H29N3O4. The lowest BCUT2D eigenvalue weighted by Crippen LogP contribution is -2.52. The van der Waals surface area contributed by atoms with Crippen LogP contribution in [0, 0.1) is 11.3 Å². The van der Waals surface area contributed by atoms with Crippen LogP contribution in [0.25, 0.3) is 0 Å². The molecule has 0 saturated carbocycles. The van der Waals surface area contributed by atoms with E-state index in [0.29, 0.717) is 42.9 Å². The molecule has 2 amide bonds. The van der Waals surface area contributed by atoms with E-state index in [1.807, 2.05) is 20.8 Å². The van der Waals surface area contributed by atoms with Gasteiger partial charge in [-0.2, -0.15) is 0 Å². The van der Waals surface area contributed by atoms with E-state index in [9.17, 15) is 14.4 Å². The third kappa shape index (κ3) is 4.04. The van der Waals surface area contributed by atoms with E-state index < -0.39 is 12.1 Å². The quantitative estimate of drug-likeness (QED) is 0.774. The van der Waals surface area contributed by atoms with E-state index in [2.05, 4.69) is 5.32 Å². The summed E-state index contributed by atoms with van der Waals surface area (Å²) in [5, 5.41) is 2.77. The second-order valence-electron chi connectivity index (χ2n) is 8.77. The van der Waals surface area contributed by atoms with Crippen molar-refractivity contribution >= 4 is 23.3 Å². The molecule has 2 aliphatic heterocycles. The van der Waals surface area contributed by atoms with E-state index in [1.165, 1.54) is 0 Å². The number of anilines is 1. The Morgan fingerprint density at radius 1 is 1.25 bits per heavy atom. The number of hydrogen-bond donors (Lipinski definition) is 2. The number of benzene rings is 1. The Labute approximate surface area is 165 Å². The molecule has 2 heterocycles. The molecule has 0 spiro atoms. The summed E-state index contributed by atoms with van der Waals surface area (Å²) in [5.74, 6) is 0.176. The molecule has 0 bridgehead atoms. The number of Topliss-reactive ketones (excluding diaryl/α,β-unsaturated/α-hetero) is 1. The SMILES string of the molecule is CC1Oc2ccc(C(=O)C3CCN(C(=O)[C@@H](N)C(C)(C)C)CC3)cc2NC1=O. The molecule has 1 aromatic rings. The van der Waals surface area contributed by atoms with E-state index in [4.69, 9.17) is 10.5 Å². The van der Waals surface area contributed by atoms with Crippen LogP contribution in [0.4, 0.5) is 5.69 Å². The molecule has 2 atom stereocenters. The Kier molecular flexibility index (Phi) is 5.48. The number of likely N-dealkylation sites (tertiary alicyclic amines) is 1. The van der Waals surface area contributed by atoms with E-state index in [1.54, 1.807) is 30.0 Å². The first-order valence-electron chi connectivity index (χ1n) is 9.78. The maximum atomic E-state index is 12.9. The summed E-state index contributed by atoms with van der Waals surface area (Å²) in [5.41, 5.74) is 6.87. The van der Waals surface area contributed by atoms with Crippen LogP contribution >= 0.6 is 0 Å². The summed E-state index contributed by atoms with van der Waals surface area (Å²) in [6.45, 7) is 8.59. The van der Waals surface area contributed by atoms with Crippen LogP contribution in [0.15, 0.2) is 18.2 Å². The predicted molar refractivity (Wildman–Crippen MR) is 106 cm³/mol. The number of nitrogens with one attached hydrogen (secondary N) is 1. The summed E-state index contributed by atoms with van der Waals surface area (Å²) in [6.07, 6.45) is 0.673. The van der Waals surface area contributed by atoms with Crippen LogP contribution in [-0.4, -0.2) is 47.7 Å². The molecular weight excluding hydrogens is 358 g/mol. The minimum Gasteiger partial charge on any atom is -0.479 e. The Morgan fingerprint density at radius 2 is 1.89 bits per heavy atom. The molecule has 3 rings (SSSR count). The second kappa shape index (κ2) is 7.54. The summed E-state index contributed by atoms with van der Waals surface area (Å²) in [6, 6.07) is 4.58.